The van der Waals surface area contributed by atoms with Crippen molar-refractivity contribution in [2.75, 3.05) is 13.2 Å². The molecule has 1 atom stereocenters. The number of nitrogens with one attached hydrogen (secondary N) is 1. The standard InChI is InChI=1S/C28H53NO4/c1-3-5-6-7-8-9-10-11-12-13-14-15-16-17-21-24-33-27(30)26(29-28(31)32-4-2)25-22-19-18-20-23-25/h25-26H,3-24H2,1-2H3,(H,29,31). The van der Waals surface area contributed by atoms with Crippen molar-refractivity contribution in [3.8, 4) is 0 Å². The first-order chi connectivity index (χ1) is 16.2. The summed E-state index contributed by atoms with van der Waals surface area (Å²) < 4.78 is 10.5. The Morgan fingerprint density at radius 2 is 1.18 bits per heavy atom. The van der Waals surface area contributed by atoms with Crippen molar-refractivity contribution >= 4 is 12.1 Å². The minimum absolute atomic E-state index is 0.164. The third-order valence-corrected chi connectivity index (χ3v) is 6.92. The van der Waals surface area contributed by atoms with Crippen molar-refractivity contribution in [3.63, 3.8) is 0 Å². The molecular weight excluding hydrogens is 414 g/mol. The minimum atomic E-state index is -0.569. The Morgan fingerprint density at radius 3 is 1.67 bits per heavy atom. The summed E-state index contributed by atoms with van der Waals surface area (Å²) >= 11 is 0. The molecule has 5 nitrogen and oxygen atoms in total. The van der Waals surface area contributed by atoms with E-state index in [-0.39, 0.29) is 11.9 Å². The maximum atomic E-state index is 12.6. The number of amides is 1. The zero-order valence-corrected chi connectivity index (χ0v) is 21.8. The van der Waals surface area contributed by atoms with Gasteiger partial charge in [0.2, 0.25) is 0 Å². The highest BCUT2D eigenvalue weighted by molar-refractivity contribution is 5.81. The molecule has 0 bridgehead atoms. The summed E-state index contributed by atoms with van der Waals surface area (Å²) in [4.78, 5) is 24.5. The van der Waals surface area contributed by atoms with Crippen LogP contribution in [0.5, 0.6) is 0 Å². The van der Waals surface area contributed by atoms with Gasteiger partial charge in [0.05, 0.1) is 13.2 Å². The molecule has 1 aliphatic carbocycles. The molecule has 1 rings (SSSR count). The first-order valence-corrected chi connectivity index (χ1v) is 14.3. The summed E-state index contributed by atoms with van der Waals surface area (Å²) in [5, 5.41) is 2.76. The summed E-state index contributed by atoms with van der Waals surface area (Å²) in [6, 6.07) is -0.569. The van der Waals surface area contributed by atoms with Crippen molar-refractivity contribution < 1.29 is 19.1 Å². The van der Waals surface area contributed by atoms with Gasteiger partial charge in [0.15, 0.2) is 0 Å². The quantitative estimate of drug-likeness (QED) is 0.145. The van der Waals surface area contributed by atoms with Crippen LogP contribution in [0.1, 0.15) is 142 Å². The zero-order chi connectivity index (χ0) is 24.0. The Hall–Kier alpha value is -1.26. The average molecular weight is 468 g/mol. The summed E-state index contributed by atoms with van der Waals surface area (Å²) in [6.45, 7) is 4.79. The predicted molar refractivity (Wildman–Crippen MR) is 136 cm³/mol. The summed E-state index contributed by atoms with van der Waals surface area (Å²) in [5.41, 5.74) is 0. The van der Waals surface area contributed by atoms with Crippen molar-refractivity contribution in [2.24, 2.45) is 5.92 Å². The van der Waals surface area contributed by atoms with Gasteiger partial charge in [0, 0.05) is 0 Å². The van der Waals surface area contributed by atoms with E-state index in [0.29, 0.717) is 13.2 Å². The number of hydrogen-bond acceptors (Lipinski definition) is 4. The van der Waals surface area contributed by atoms with Crippen LogP contribution in [0.4, 0.5) is 4.79 Å². The highest BCUT2D eigenvalue weighted by atomic mass is 16.6. The van der Waals surface area contributed by atoms with Crippen molar-refractivity contribution in [2.45, 2.75) is 148 Å². The summed E-state index contributed by atoms with van der Waals surface area (Å²) in [5.74, 6) is -0.128. The van der Waals surface area contributed by atoms with E-state index in [1.165, 1.54) is 89.9 Å². The van der Waals surface area contributed by atoms with Crippen molar-refractivity contribution in [1.82, 2.24) is 5.32 Å². The second-order valence-corrected chi connectivity index (χ2v) is 9.86. The lowest BCUT2D eigenvalue weighted by atomic mass is 9.84. The molecule has 1 aliphatic rings. The molecule has 1 N–H and O–H groups in total. The van der Waals surface area contributed by atoms with Crippen molar-refractivity contribution in [1.29, 1.82) is 0 Å². The molecule has 0 aromatic carbocycles. The van der Waals surface area contributed by atoms with Gasteiger partial charge in [-0.15, -0.1) is 0 Å². The molecule has 1 saturated carbocycles. The average Bonchev–Trinajstić information content (AvgIpc) is 2.83. The van der Waals surface area contributed by atoms with E-state index in [2.05, 4.69) is 12.2 Å². The molecule has 0 aliphatic heterocycles. The number of unbranched alkanes of at least 4 members (excludes halogenated alkanes) is 14. The molecule has 0 aromatic heterocycles. The molecule has 0 radical (unpaired) electrons. The maximum absolute atomic E-state index is 12.6. The number of carbonyl (C=O) groups is 2. The minimum Gasteiger partial charge on any atom is -0.464 e. The second kappa shape index (κ2) is 21.3. The van der Waals surface area contributed by atoms with Gasteiger partial charge in [-0.3, -0.25) is 0 Å². The Balaban J connectivity index is 2.02. The first-order valence-electron chi connectivity index (χ1n) is 14.3. The Kier molecular flexibility index (Phi) is 19.2. The highest BCUT2D eigenvalue weighted by Crippen LogP contribution is 2.27. The van der Waals surface area contributed by atoms with Crippen LogP contribution in [-0.4, -0.2) is 31.3 Å². The monoisotopic (exact) mass is 467 g/mol. The number of alkyl carbamates (subject to hydrolysis) is 1. The van der Waals surface area contributed by atoms with Gasteiger partial charge in [-0.05, 0) is 32.1 Å². The molecule has 1 unspecified atom stereocenters. The molecule has 0 spiro atoms. The van der Waals surface area contributed by atoms with Crippen molar-refractivity contribution in [3.05, 3.63) is 0 Å². The van der Waals surface area contributed by atoms with Crippen LogP contribution in [0.3, 0.4) is 0 Å². The van der Waals surface area contributed by atoms with E-state index in [1.54, 1.807) is 6.92 Å². The van der Waals surface area contributed by atoms with Crippen LogP contribution < -0.4 is 5.32 Å². The number of rotatable bonds is 20. The first kappa shape index (κ1) is 29.8. The topological polar surface area (TPSA) is 64.6 Å². The molecule has 0 saturated heterocycles. The van der Waals surface area contributed by atoms with Crippen LogP contribution in [0.2, 0.25) is 0 Å². The summed E-state index contributed by atoms with van der Waals surface area (Å²) in [7, 11) is 0. The number of esters is 1. The van der Waals surface area contributed by atoms with Gasteiger partial charge in [0.25, 0.3) is 0 Å². The van der Waals surface area contributed by atoms with Gasteiger partial charge in [0.1, 0.15) is 6.04 Å². The third kappa shape index (κ3) is 16.1. The fourth-order valence-electron chi connectivity index (χ4n) is 4.87. The van der Waals surface area contributed by atoms with E-state index in [0.717, 1.165) is 38.5 Å². The molecule has 0 aromatic rings. The predicted octanol–water partition coefficient (Wildman–Crippen LogP) is 8.10. The molecule has 1 amide bonds. The second-order valence-electron chi connectivity index (χ2n) is 9.86. The number of carbonyl (C=O) groups excluding carboxylic acids is 2. The molecule has 1 fully saturated rings. The van der Waals surface area contributed by atoms with E-state index in [1.807, 2.05) is 0 Å². The van der Waals surface area contributed by atoms with E-state index in [9.17, 15) is 9.59 Å². The van der Waals surface area contributed by atoms with E-state index in [4.69, 9.17) is 9.47 Å². The van der Waals surface area contributed by atoms with Crippen LogP contribution >= 0.6 is 0 Å². The molecule has 33 heavy (non-hydrogen) atoms. The van der Waals surface area contributed by atoms with E-state index < -0.39 is 12.1 Å². The molecule has 194 valence electrons. The Labute approximate surface area is 204 Å². The smallest absolute Gasteiger partial charge is 0.407 e. The Morgan fingerprint density at radius 1 is 0.697 bits per heavy atom. The van der Waals surface area contributed by atoms with Gasteiger partial charge in [-0.2, -0.15) is 0 Å². The number of ether oxygens (including phenoxy) is 2. The van der Waals surface area contributed by atoms with Gasteiger partial charge >= 0.3 is 12.1 Å². The lowest BCUT2D eigenvalue weighted by molar-refractivity contribution is -0.148. The summed E-state index contributed by atoms with van der Waals surface area (Å²) in [6.07, 6.45) is 24.6. The molecular formula is C28H53NO4. The highest BCUT2D eigenvalue weighted by Gasteiger charge is 2.32. The molecule has 0 heterocycles. The third-order valence-electron chi connectivity index (χ3n) is 6.92. The van der Waals surface area contributed by atoms with Gasteiger partial charge in [-0.25, -0.2) is 9.59 Å². The van der Waals surface area contributed by atoms with Gasteiger partial charge in [-0.1, -0.05) is 116 Å². The van der Waals surface area contributed by atoms with Crippen LogP contribution in [0, 0.1) is 5.92 Å². The van der Waals surface area contributed by atoms with E-state index >= 15 is 0 Å². The fourth-order valence-corrected chi connectivity index (χ4v) is 4.87. The lowest BCUT2D eigenvalue weighted by Gasteiger charge is -2.29. The maximum Gasteiger partial charge on any atom is 0.407 e. The SMILES string of the molecule is CCCCCCCCCCCCCCCCCOC(=O)C(NC(=O)OCC)C1CCCCC1. The normalized spacial score (nSPS) is 15.2. The number of hydrogen-bond donors (Lipinski definition) is 1. The Bertz CT molecular complexity index is 477. The van der Waals surface area contributed by atoms with Crippen LogP contribution in [-0.2, 0) is 14.3 Å². The fraction of sp³-hybridized carbons (Fsp3) is 0.929. The van der Waals surface area contributed by atoms with Gasteiger partial charge < -0.3 is 14.8 Å². The lowest BCUT2D eigenvalue weighted by Crippen LogP contribution is -2.47. The molecule has 5 heteroatoms. The van der Waals surface area contributed by atoms with Crippen LogP contribution in [0.25, 0.3) is 0 Å². The zero-order valence-electron chi connectivity index (χ0n) is 21.8. The van der Waals surface area contributed by atoms with Crippen LogP contribution in [0.15, 0.2) is 0 Å². The largest absolute Gasteiger partial charge is 0.464 e.